The molecule has 0 bridgehead atoms. The molecule has 3 aromatic rings. The van der Waals surface area contributed by atoms with Crippen molar-refractivity contribution in [3.8, 4) is 22.9 Å². The molecule has 2 aromatic carbocycles. The minimum absolute atomic E-state index is 0.442. The van der Waals surface area contributed by atoms with Crippen molar-refractivity contribution in [2.45, 2.75) is 32.4 Å². The van der Waals surface area contributed by atoms with Crippen molar-refractivity contribution in [2.24, 2.45) is 0 Å². The van der Waals surface area contributed by atoms with Crippen molar-refractivity contribution < 1.29 is 9.47 Å². The van der Waals surface area contributed by atoms with Crippen molar-refractivity contribution in [1.29, 1.82) is 0 Å². The first kappa shape index (κ1) is 21.1. The Morgan fingerprint density at radius 2 is 1.74 bits per heavy atom. The number of hydrogen-bond acceptors (Lipinski definition) is 6. The number of nitrogens with one attached hydrogen (secondary N) is 1. The van der Waals surface area contributed by atoms with Crippen molar-refractivity contribution in [2.75, 3.05) is 32.1 Å². The number of aromatic nitrogens is 2. The Bertz CT molecular complexity index is 955. The lowest BCUT2D eigenvalue weighted by molar-refractivity contribution is 0.211. The fraction of sp³-hybridized carbons (Fsp3) is 0.360. The Balaban J connectivity index is 1.28. The molecule has 6 heteroatoms. The van der Waals surface area contributed by atoms with Gasteiger partial charge in [0.25, 0.3) is 0 Å². The zero-order valence-electron chi connectivity index (χ0n) is 18.3. The average Bonchev–Trinajstić information content (AvgIpc) is 2.82. The van der Waals surface area contributed by atoms with E-state index in [-0.39, 0.29) is 0 Å². The number of nitrogens with zero attached hydrogens (tertiary/aromatic N) is 3. The van der Waals surface area contributed by atoms with E-state index in [1.54, 1.807) is 7.11 Å². The highest BCUT2D eigenvalue weighted by Crippen LogP contribution is 2.29. The van der Waals surface area contributed by atoms with Gasteiger partial charge in [0.2, 0.25) is 0 Å². The van der Waals surface area contributed by atoms with Crippen molar-refractivity contribution in [3.63, 3.8) is 0 Å². The second-order valence-electron chi connectivity index (χ2n) is 7.77. The molecule has 1 aromatic heterocycles. The third kappa shape index (κ3) is 5.52. The van der Waals surface area contributed by atoms with Gasteiger partial charge in [-0.15, -0.1) is 0 Å². The first-order valence-corrected chi connectivity index (χ1v) is 10.9. The average molecular weight is 419 g/mol. The zero-order chi connectivity index (χ0) is 21.5. The lowest BCUT2D eigenvalue weighted by Crippen LogP contribution is -2.38. The van der Waals surface area contributed by atoms with Crippen LogP contribution in [0.3, 0.4) is 0 Å². The number of piperidine rings is 1. The van der Waals surface area contributed by atoms with E-state index < -0.39 is 0 Å². The van der Waals surface area contributed by atoms with E-state index in [0.29, 0.717) is 12.6 Å². The standard InChI is InChI=1S/C25H30N4O2/c1-3-31-24-15-19(9-10-23(24)30-2)18-29-13-11-21(12-14-29)28-22-16-26-25(27-17-22)20-7-5-4-6-8-20/h4-10,15-17,21,28H,3,11-14,18H2,1-2H3. The Kier molecular flexibility index (Phi) is 6.99. The van der Waals surface area contributed by atoms with Crippen LogP contribution in [0.5, 0.6) is 11.5 Å². The van der Waals surface area contributed by atoms with Gasteiger partial charge in [-0.2, -0.15) is 0 Å². The topological polar surface area (TPSA) is 59.5 Å². The van der Waals surface area contributed by atoms with Crippen LogP contribution in [0.25, 0.3) is 11.4 Å². The van der Waals surface area contributed by atoms with Crippen LogP contribution in [0.1, 0.15) is 25.3 Å². The van der Waals surface area contributed by atoms with Crippen LogP contribution >= 0.6 is 0 Å². The van der Waals surface area contributed by atoms with Crippen molar-refractivity contribution in [3.05, 3.63) is 66.5 Å². The van der Waals surface area contributed by atoms with Gasteiger partial charge in [0, 0.05) is 31.2 Å². The minimum atomic E-state index is 0.442. The molecule has 0 atom stereocenters. The Hall–Kier alpha value is -3.12. The molecule has 1 fully saturated rings. The third-order valence-electron chi connectivity index (χ3n) is 5.58. The first-order valence-electron chi connectivity index (χ1n) is 10.9. The largest absolute Gasteiger partial charge is 0.493 e. The summed E-state index contributed by atoms with van der Waals surface area (Å²) in [6.07, 6.45) is 5.95. The number of likely N-dealkylation sites (tertiary alicyclic amines) is 1. The second-order valence-corrected chi connectivity index (χ2v) is 7.77. The van der Waals surface area contributed by atoms with Gasteiger partial charge in [0.1, 0.15) is 0 Å². The van der Waals surface area contributed by atoms with Gasteiger partial charge in [-0.25, -0.2) is 9.97 Å². The minimum Gasteiger partial charge on any atom is -0.493 e. The van der Waals surface area contributed by atoms with Gasteiger partial charge < -0.3 is 14.8 Å². The van der Waals surface area contributed by atoms with Gasteiger partial charge in [0.15, 0.2) is 17.3 Å². The van der Waals surface area contributed by atoms with Crippen molar-refractivity contribution in [1.82, 2.24) is 14.9 Å². The molecule has 1 aliphatic rings. The zero-order valence-corrected chi connectivity index (χ0v) is 18.3. The number of methoxy groups -OCH3 is 1. The van der Waals surface area contributed by atoms with E-state index in [1.807, 2.05) is 55.7 Å². The van der Waals surface area contributed by atoms with Gasteiger partial charge in [-0.1, -0.05) is 36.4 Å². The Labute approximate surface area is 184 Å². The van der Waals surface area contributed by atoms with Crippen LogP contribution in [-0.4, -0.2) is 47.7 Å². The van der Waals surface area contributed by atoms with E-state index in [0.717, 1.165) is 61.1 Å². The molecule has 0 amide bonds. The summed E-state index contributed by atoms with van der Waals surface area (Å²) >= 11 is 0. The van der Waals surface area contributed by atoms with Crippen LogP contribution in [0.2, 0.25) is 0 Å². The predicted octanol–water partition coefficient (Wildman–Crippen LogP) is 4.63. The lowest BCUT2D eigenvalue weighted by atomic mass is 10.0. The van der Waals surface area contributed by atoms with E-state index in [1.165, 1.54) is 5.56 Å². The maximum atomic E-state index is 5.71. The molecule has 0 aliphatic carbocycles. The smallest absolute Gasteiger partial charge is 0.161 e. The monoisotopic (exact) mass is 418 g/mol. The van der Waals surface area contributed by atoms with Gasteiger partial charge in [-0.05, 0) is 37.5 Å². The maximum Gasteiger partial charge on any atom is 0.161 e. The second kappa shape index (κ2) is 10.3. The number of benzene rings is 2. The molecule has 31 heavy (non-hydrogen) atoms. The maximum absolute atomic E-state index is 5.71. The molecule has 2 heterocycles. The van der Waals surface area contributed by atoms with Crippen LogP contribution in [-0.2, 0) is 6.54 Å². The third-order valence-corrected chi connectivity index (χ3v) is 5.58. The summed E-state index contributed by atoms with van der Waals surface area (Å²) in [5, 5.41) is 3.60. The summed E-state index contributed by atoms with van der Waals surface area (Å²) in [5.74, 6) is 2.36. The van der Waals surface area contributed by atoms with Crippen LogP contribution in [0.4, 0.5) is 5.69 Å². The lowest BCUT2D eigenvalue weighted by Gasteiger charge is -2.32. The predicted molar refractivity (Wildman–Crippen MR) is 124 cm³/mol. The highest BCUT2D eigenvalue weighted by molar-refractivity contribution is 5.55. The summed E-state index contributed by atoms with van der Waals surface area (Å²) in [6, 6.07) is 16.7. The van der Waals surface area contributed by atoms with E-state index in [4.69, 9.17) is 9.47 Å². The number of ether oxygens (including phenoxy) is 2. The molecule has 0 saturated carbocycles. The summed E-state index contributed by atoms with van der Waals surface area (Å²) in [7, 11) is 1.68. The highest BCUT2D eigenvalue weighted by Gasteiger charge is 2.20. The van der Waals surface area contributed by atoms with E-state index >= 15 is 0 Å². The number of hydrogen-bond donors (Lipinski definition) is 1. The number of rotatable bonds is 8. The fourth-order valence-electron chi connectivity index (χ4n) is 3.96. The SMILES string of the molecule is CCOc1cc(CN2CCC(Nc3cnc(-c4ccccc4)nc3)CC2)ccc1OC. The van der Waals surface area contributed by atoms with E-state index in [2.05, 4.69) is 32.3 Å². The molecular formula is C25H30N4O2. The first-order chi connectivity index (χ1) is 15.2. The molecule has 1 aliphatic heterocycles. The summed E-state index contributed by atoms with van der Waals surface area (Å²) < 4.78 is 11.1. The molecule has 162 valence electrons. The molecular weight excluding hydrogens is 388 g/mol. The van der Waals surface area contributed by atoms with Gasteiger partial charge in [0.05, 0.1) is 31.8 Å². The summed E-state index contributed by atoms with van der Waals surface area (Å²) in [6.45, 7) is 5.65. The van der Waals surface area contributed by atoms with Crippen LogP contribution in [0.15, 0.2) is 60.9 Å². The molecule has 0 radical (unpaired) electrons. The molecule has 1 N–H and O–H groups in total. The number of anilines is 1. The summed E-state index contributed by atoms with van der Waals surface area (Å²) in [5.41, 5.74) is 3.27. The molecule has 6 nitrogen and oxygen atoms in total. The van der Waals surface area contributed by atoms with Crippen molar-refractivity contribution >= 4 is 5.69 Å². The normalized spacial score (nSPS) is 14.9. The van der Waals surface area contributed by atoms with Crippen LogP contribution < -0.4 is 14.8 Å². The van der Waals surface area contributed by atoms with Gasteiger partial charge >= 0.3 is 0 Å². The quantitative estimate of drug-likeness (QED) is 0.576. The van der Waals surface area contributed by atoms with E-state index in [9.17, 15) is 0 Å². The summed E-state index contributed by atoms with van der Waals surface area (Å²) in [4.78, 5) is 11.5. The van der Waals surface area contributed by atoms with Gasteiger partial charge in [-0.3, -0.25) is 4.90 Å². The Morgan fingerprint density at radius 1 is 1.00 bits per heavy atom. The van der Waals surface area contributed by atoms with Crippen LogP contribution in [0, 0.1) is 0 Å². The fourth-order valence-corrected chi connectivity index (χ4v) is 3.96. The highest BCUT2D eigenvalue weighted by atomic mass is 16.5. The Morgan fingerprint density at radius 3 is 2.42 bits per heavy atom. The molecule has 1 saturated heterocycles. The molecule has 0 unspecified atom stereocenters. The molecule has 4 rings (SSSR count). The molecule has 0 spiro atoms.